The van der Waals surface area contributed by atoms with Crippen LogP contribution in [0, 0.1) is 13.8 Å². The van der Waals surface area contributed by atoms with Gasteiger partial charge in [-0.05, 0) is 56.7 Å². The Hall–Kier alpha value is -3.98. The molecule has 36 heavy (non-hydrogen) atoms. The molecule has 2 fully saturated rings. The lowest BCUT2D eigenvalue weighted by Gasteiger charge is -2.34. The van der Waals surface area contributed by atoms with Gasteiger partial charge in [-0.2, -0.15) is 5.10 Å². The van der Waals surface area contributed by atoms with Crippen LogP contribution in [0.3, 0.4) is 0 Å². The van der Waals surface area contributed by atoms with Crippen molar-refractivity contribution in [3.63, 3.8) is 0 Å². The predicted octanol–water partition coefficient (Wildman–Crippen LogP) is 2.73. The van der Waals surface area contributed by atoms with E-state index in [4.69, 9.17) is 5.10 Å². The fourth-order valence-electron chi connectivity index (χ4n) is 5.10. The van der Waals surface area contributed by atoms with E-state index in [1.165, 1.54) is 0 Å². The van der Waals surface area contributed by atoms with Gasteiger partial charge < -0.3 is 15.5 Å². The first-order valence-electron chi connectivity index (χ1n) is 12.3. The van der Waals surface area contributed by atoms with Crippen molar-refractivity contribution in [3.05, 3.63) is 71.5 Å². The molecule has 2 aliphatic rings. The summed E-state index contributed by atoms with van der Waals surface area (Å²) in [5.41, 5.74) is 4.86. The first-order valence-corrected chi connectivity index (χ1v) is 12.3. The second kappa shape index (κ2) is 9.94. The van der Waals surface area contributed by atoms with Gasteiger partial charge in [0.25, 0.3) is 0 Å². The molecule has 2 aliphatic heterocycles. The molecule has 0 spiro atoms. The second-order valence-electron chi connectivity index (χ2n) is 9.24. The van der Waals surface area contributed by atoms with Crippen molar-refractivity contribution in [2.75, 3.05) is 36.4 Å². The average molecular weight is 487 g/mol. The van der Waals surface area contributed by atoms with Crippen LogP contribution in [0.15, 0.2) is 54.6 Å². The van der Waals surface area contributed by atoms with E-state index in [2.05, 4.69) is 10.6 Å². The highest BCUT2D eigenvalue weighted by Crippen LogP contribution is 2.30. The van der Waals surface area contributed by atoms with Gasteiger partial charge in [0.1, 0.15) is 6.04 Å². The van der Waals surface area contributed by atoms with E-state index in [-0.39, 0.29) is 24.3 Å². The highest BCUT2D eigenvalue weighted by Gasteiger charge is 2.36. The summed E-state index contributed by atoms with van der Waals surface area (Å²) in [5.74, 6) is -0.208. The van der Waals surface area contributed by atoms with Crippen LogP contribution in [0.2, 0.25) is 0 Å². The van der Waals surface area contributed by atoms with Crippen molar-refractivity contribution in [3.8, 4) is 5.69 Å². The lowest BCUT2D eigenvalue weighted by atomic mass is 10.00. The predicted molar refractivity (Wildman–Crippen MR) is 137 cm³/mol. The van der Waals surface area contributed by atoms with Gasteiger partial charge in [0.15, 0.2) is 0 Å². The summed E-state index contributed by atoms with van der Waals surface area (Å²) in [6, 6.07) is 16.5. The number of carbonyl (C=O) groups excluding carboxylic acids is 3. The summed E-state index contributed by atoms with van der Waals surface area (Å²) in [7, 11) is 0. The molecular formula is C27H30N6O3. The molecule has 186 valence electrons. The fraction of sp³-hybridized carbons (Fsp3) is 0.333. The van der Waals surface area contributed by atoms with Crippen LogP contribution in [0.25, 0.3) is 5.69 Å². The SMILES string of the molecule is Cc1nn(-c2ccccc2)c(C)c1C1C(=O)NCCN1CC(=O)Nc1ccc(N2CCCC2=O)cc1. The maximum atomic E-state index is 13.0. The number of amides is 3. The Balaban J connectivity index is 1.32. The van der Waals surface area contributed by atoms with Gasteiger partial charge in [-0.1, -0.05) is 18.2 Å². The minimum Gasteiger partial charge on any atom is -0.353 e. The molecule has 3 heterocycles. The highest BCUT2D eigenvalue weighted by atomic mass is 16.2. The fourth-order valence-corrected chi connectivity index (χ4v) is 5.10. The first kappa shape index (κ1) is 23.7. The van der Waals surface area contributed by atoms with Crippen molar-refractivity contribution in [1.82, 2.24) is 20.0 Å². The zero-order chi connectivity index (χ0) is 25.2. The Morgan fingerprint density at radius 2 is 1.78 bits per heavy atom. The lowest BCUT2D eigenvalue weighted by Crippen LogP contribution is -2.52. The van der Waals surface area contributed by atoms with Crippen LogP contribution >= 0.6 is 0 Å². The van der Waals surface area contributed by atoms with E-state index in [0.29, 0.717) is 25.2 Å². The van der Waals surface area contributed by atoms with Gasteiger partial charge in [0.05, 0.1) is 17.9 Å². The van der Waals surface area contributed by atoms with Crippen LogP contribution in [0.1, 0.15) is 35.8 Å². The van der Waals surface area contributed by atoms with E-state index < -0.39 is 6.04 Å². The number of hydrogen-bond donors (Lipinski definition) is 2. The summed E-state index contributed by atoms with van der Waals surface area (Å²) in [5, 5.41) is 10.6. The Morgan fingerprint density at radius 1 is 1.03 bits per heavy atom. The number of hydrogen-bond acceptors (Lipinski definition) is 5. The molecule has 3 aromatic rings. The molecule has 1 aromatic heterocycles. The molecule has 3 amide bonds. The number of para-hydroxylation sites is 1. The standard InChI is InChI=1S/C27H30N6O3/c1-18-25(19(2)33(30-18)22-7-4-3-5-8-22)26-27(36)28-14-16-31(26)17-23(34)29-20-10-12-21(13-11-20)32-15-6-9-24(32)35/h3-5,7-8,10-13,26H,6,9,14-17H2,1-2H3,(H,28,36)(H,29,34). The van der Waals surface area contributed by atoms with Gasteiger partial charge in [-0.25, -0.2) is 4.68 Å². The molecule has 2 aromatic carbocycles. The van der Waals surface area contributed by atoms with E-state index in [1.807, 2.05) is 65.9 Å². The average Bonchev–Trinajstić information content (AvgIpc) is 3.43. The van der Waals surface area contributed by atoms with Crippen LogP contribution in [0.5, 0.6) is 0 Å². The number of aromatic nitrogens is 2. The van der Waals surface area contributed by atoms with E-state index >= 15 is 0 Å². The highest BCUT2D eigenvalue weighted by molar-refractivity contribution is 5.96. The third-order valence-electron chi connectivity index (χ3n) is 6.82. The molecule has 2 N–H and O–H groups in total. The van der Waals surface area contributed by atoms with Gasteiger partial charge >= 0.3 is 0 Å². The quantitative estimate of drug-likeness (QED) is 0.558. The monoisotopic (exact) mass is 486 g/mol. The van der Waals surface area contributed by atoms with E-state index in [9.17, 15) is 14.4 Å². The zero-order valence-electron chi connectivity index (χ0n) is 20.5. The molecular weight excluding hydrogens is 456 g/mol. The molecule has 0 radical (unpaired) electrons. The number of benzene rings is 2. The number of carbonyl (C=O) groups is 3. The van der Waals surface area contributed by atoms with Crippen LogP contribution in [0.4, 0.5) is 11.4 Å². The molecule has 9 heteroatoms. The smallest absolute Gasteiger partial charge is 0.242 e. The number of piperazine rings is 1. The normalized spacial score (nSPS) is 18.4. The van der Waals surface area contributed by atoms with Gasteiger partial charge in [-0.3, -0.25) is 19.3 Å². The summed E-state index contributed by atoms with van der Waals surface area (Å²) >= 11 is 0. The third-order valence-corrected chi connectivity index (χ3v) is 6.82. The third kappa shape index (κ3) is 4.61. The summed E-state index contributed by atoms with van der Waals surface area (Å²) < 4.78 is 1.84. The van der Waals surface area contributed by atoms with E-state index in [0.717, 1.165) is 41.3 Å². The molecule has 1 unspecified atom stereocenters. The van der Waals surface area contributed by atoms with Crippen molar-refractivity contribution < 1.29 is 14.4 Å². The van der Waals surface area contributed by atoms with Gasteiger partial charge in [0.2, 0.25) is 17.7 Å². The van der Waals surface area contributed by atoms with Crippen LogP contribution in [-0.4, -0.2) is 58.6 Å². The second-order valence-corrected chi connectivity index (χ2v) is 9.24. The molecule has 0 saturated carbocycles. The Labute approximate surface area is 210 Å². The Kier molecular flexibility index (Phi) is 6.56. The molecule has 5 rings (SSSR count). The molecule has 0 aliphatic carbocycles. The van der Waals surface area contributed by atoms with Gasteiger partial charge in [0, 0.05) is 48.7 Å². The lowest BCUT2D eigenvalue weighted by molar-refractivity contribution is -0.130. The van der Waals surface area contributed by atoms with Crippen LogP contribution < -0.4 is 15.5 Å². The topological polar surface area (TPSA) is 99.6 Å². The molecule has 0 bridgehead atoms. The van der Waals surface area contributed by atoms with Crippen LogP contribution in [-0.2, 0) is 14.4 Å². The molecule has 1 atom stereocenters. The maximum absolute atomic E-state index is 13.0. The summed E-state index contributed by atoms with van der Waals surface area (Å²) in [6.45, 7) is 5.67. The molecule has 2 saturated heterocycles. The van der Waals surface area contributed by atoms with E-state index in [1.54, 1.807) is 17.0 Å². The summed E-state index contributed by atoms with van der Waals surface area (Å²) in [4.78, 5) is 41.7. The number of rotatable bonds is 6. The Morgan fingerprint density at radius 3 is 2.47 bits per heavy atom. The molecule has 9 nitrogen and oxygen atoms in total. The van der Waals surface area contributed by atoms with Crippen molar-refractivity contribution in [2.24, 2.45) is 0 Å². The van der Waals surface area contributed by atoms with Crippen molar-refractivity contribution in [1.29, 1.82) is 0 Å². The first-order chi connectivity index (χ1) is 17.4. The Bertz CT molecular complexity index is 1280. The largest absolute Gasteiger partial charge is 0.353 e. The number of anilines is 2. The minimum absolute atomic E-state index is 0.0693. The number of nitrogens with one attached hydrogen (secondary N) is 2. The minimum atomic E-state index is -0.606. The van der Waals surface area contributed by atoms with Crippen molar-refractivity contribution in [2.45, 2.75) is 32.7 Å². The summed E-state index contributed by atoms with van der Waals surface area (Å²) in [6.07, 6.45) is 1.44. The van der Waals surface area contributed by atoms with Gasteiger partial charge in [-0.15, -0.1) is 0 Å². The maximum Gasteiger partial charge on any atom is 0.242 e. The number of aryl methyl sites for hydroxylation is 1. The van der Waals surface area contributed by atoms with Crippen molar-refractivity contribution >= 4 is 29.1 Å². The zero-order valence-corrected chi connectivity index (χ0v) is 20.5. The number of nitrogens with zero attached hydrogens (tertiary/aromatic N) is 4.